The summed E-state index contributed by atoms with van der Waals surface area (Å²) in [6.07, 6.45) is 4.94. The molecule has 2 unspecified atom stereocenters. The SMILES string of the molecule is CCCNC1CCC(C)(c2c(C)cc(C)cc2OC)C1. The van der Waals surface area contributed by atoms with E-state index in [9.17, 15) is 0 Å². The van der Waals surface area contributed by atoms with Gasteiger partial charge >= 0.3 is 0 Å². The van der Waals surface area contributed by atoms with Crippen molar-refractivity contribution in [3.05, 3.63) is 28.8 Å². The van der Waals surface area contributed by atoms with Crippen molar-refractivity contribution >= 4 is 0 Å². The zero-order chi connectivity index (χ0) is 14.8. The number of benzene rings is 1. The van der Waals surface area contributed by atoms with Gasteiger partial charge in [0.2, 0.25) is 0 Å². The number of ether oxygens (including phenoxy) is 1. The standard InChI is InChI=1S/C18H29NO/c1-6-9-19-15-7-8-18(4,12-15)17-14(3)10-13(2)11-16(17)20-5/h10-11,15,19H,6-9,12H2,1-5H3. The first-order valence-corrected chi connectivity index (χ1v) is 7.89. The van der Waals surface area contributed by atoms with E-state index in [2.05, 4.69) is 45.1 Å². The van der Waals surface area contributed by atoms with E-state index >= 15 is 0 Å². The van der Waals surface area contributed by atoms with Crippen molar-refractivity contribution in [1.29, 1.82) is 0 Å². The molecule has 0 radical (unpaired) electrons. The Balaban J connectivity index is 2.27. The highest BCUT2D eigenvalue weighted by atomic mass is 16.5. The molecule has 0 aliphatic heterocycles. The summed E-state index contributed by atoms with van der Waals surface area (Å²) in [5, 5.41) is 3.68. The number of aryl methyl sites for hydroxylation is 2. The summed E-state index contributed by atoms with van der Waals surface area (Å²) < 4.78 is 5.68. The Morgan fingerprint density at radius 3 is 2.75 bits per heavy atom. The molecule has 0 bridgehead atoms. The van der Waals surface area contributed by atoms with Gasteiger partial charge in [-0.2, -0.15) is 0 Å². The molecule has 20 heavy (non-hydrogen) atoms. The fourth-order valence-corrected chi connectivity index (χ4v) is 3.85. The third-order valence-electron chi connectivity index (χ3n) is 4.69. The number of methoxy groups -OCH3 is 1. The van der Waals surface area contributed by atoms with Crippen molar-refractivity contribution in [3.63, 3.8) is 0 Å². The minimum atomic E-state index is 0.245. The van der Waals surface area contributed by atoms with Gasteiger partial charge in [-0.1, -0.05) is 19.9 Å². The van der Waals surface area contributed by atoms with Gasteiger partial charge in [0, 0.05) is 11.6 Å². The van der Waals surface area contributed by atoms with Crippen molar-refractivity contribution in [2.24, 2.45) is 0 Å². The summed E-state index contributed by atoms with van der Waals surface area (Å²) in [6.45, 7) is 10.1. The molecule has 1 fully saturated rings. The van der Waals surface area contributed by atoms with Crippen LogP contribution in [-0.2, 0) is 5.41 Å². The summed E-state index contributed by atoms with van der Waals surface area (Å²) in [4.78, 5) is 0. The molecule has 0 spiro atoms. The molecule has 1 saturated carbocycles. The molecule has 1 N–H and O–H groups in total. The summed E-state index contributed by atoms with van der Waals surface area (Å²) in [7, 11) is 1.79. The summed E-state index contributed by atoms with van der Waals surface area (Å²) in [5.74, 6) is 1.07. The Kier molecular flexibility index (Phi) is 4.74. The maximum absolute atomic E-state index is 5.68. The van der Waals surface area contributed by atoms with Gasteiger partial charge in [0.25, 0.3) is 0 Å². The van der Waals surface area contributed by atoms with Crippen molar-refractivity contribution in [1.82, 2.24) is 5.32 Å². The van der Waals surface area contributed by atoms with Gasteiger partial charge in [-0.15, -0.1) is 0 Å². The van der Waals surface area contributed by atoms with Crippen LogP contribution in [0, 0.1) is 13.8 Å². The molecular formula is C18H29NO. The average molecular weight is 275 g/mol. The molecule has 112 valence electrons. The quantitative estimate of drug-likeness (QED) is 0.872. The Hall–Kier alpha value is -1.02. The van der Waals surface area contributed by atoms with E-state index in [4.69, 9.17) is 4.74 Å². The molecule has 0 heterocycles. The predicted molar refractivity (Wildman–Crippen MR) is 85.8 cm³/mol. The monoisotopic (exact) mass is 275 g/mol. The van der Waals surface area contributed by atoms with Gasteiger partial charge in [-0.25, -0.2) is 0 Å². The Morgan fingerprint density at radius 2 is 2.10 bits per heavy atom. The molecule has 1 aromatic rings. The van der Waals surface area contributed by atoms with Crippen molar-refractivity contribution in [3.8, 4) is 5.75 Å². The maximum atomic E-state index is 5.68. The number of hydrogen-bond donors (Lipinski definition) is 1. The minimum absolute atomic E-state index is 0.245. The topological polar surface area (TPSA) is 21.3 Å². The summed E-state index contributed by atoms with van der Waals surface area (Å²) in [5.41, 5.74) is 4.33. The lowest BCUT2D eigenvalue weighted by molar-refractivity contribution is 0.380. The predicted octanol–water partition coefficient (Wildman–Crippen LogP) is 4.12. The molecule has 0 aromatic heterocycles. The Bertz CT molecular complexity index is 469. The second-order valence-electron chi connectivity index (χ2n) is 6.61. The molecule has 2 rings (SSSR count). The Labute approximate surface area is 123 Å². The van der Waals surface area contributed by atoms with E-state index in [1.165, 1.54) is 42.4 Å². The second kappa shape index (κ2) is 6.17. The lowest BCUT2D eigenvalue weighted by Gasteiger charge is -2.29. The van der Waals surface area contributed by atoms with Crippen LogP contribution in [0.15, 0.2) is 12.1 Å². The highest BCUT2D eigenvalue weighted by molar-refractivity contribution is 5.48. The largest absolute Gasteiger partial charge is 0.496 e. The molecule has 0 saturated heterocycles. The minimum Gasteiger partial charge on any atom is -0.496 e. The summed E-state index contributed by atoms with van der Waals surface area (Å²) in [6, 6.07) is 5.13. The zero-order valence-electron chi connectivity index (χ0n) is 13.7. The van der Waals surface area contributed by atoms with E-state index in [0.29, 0.717) is 6.04 Å². The molecular weight excluding hydrogens is 246 g/mol. The maximum Gasteiger partial charge on any atom is 0.123 e. The van der Waals surface area contributed by atoms with Gasteiger partial charge < -0.3 is 10.1 Å². The first kappa shape index (κ1) is 15.4. The lowest BCUT2D eigenvalue weighted by Crippen LogP contribution is -2.30. The molecule has 0 amide bonds. The first-order valence-electron chi connectivity index (χ1n) is 7.89. The van der Waals surface area contributed by atoms with Crippen molar-refractivity contribution < 1.29 is 4.74 Å². The van der Waals surface area contributed by atoms with Crippen LogP contribution in [0.5, 0.6) is 5.75 Å². The number of hydrogen-bond acceptors (Lipinski definition) is 2. The normalized spacial score (nSPS) is 25.9. The summed E-state index contributed by atoms with van der Waals surface area (Å²) >= 11 is 0. The fourth-order valence-electron chi connectivity index (χ4n) is 3.85. The van der Waals surface area contributed by atoms with Crippen LogP contribution in [0.25, 0.3) is 0 Å². The van der Waals surface area contributed by atoms with E-state index in [0.717, 1.165) is 12.3 Å². The van der Waals surface area contributed by atoms with Crippen molar-refractivity contribution in [2.75, 3.05) is 13.7 Å². The van der Waals surface area contributed by atoms with Gasteiger partial charge in [0.05, 0.1) is 7.11 Å². The molecule has 1 aromatic carbocycles. The van der Waals surface area contributed by atoms with Crippen LogP contribution < -0.4 is 10.1 Å². The van der Waals surface area contributed by atoms with Crippen LogP contribution in [0.1, 0.15) is 56.2 Å². The van der Waals surface area contributed by atoms with E-state index in [1.807, 2.05) is 0 Å². The highest BCUT2D eigenvalue weighted by Gasteiger charge is 2.39. The van der Waals surface area contributed by atoms with Crippen molar-refractivity contribution in [2.45, 2.75) is 64.8 Å². The van der Waals surface area contributed by atoms with E-state index < -0.39 is 0 Å². The number of rotatable bonds is 5. The smallest absolute Gasteiger partial charge is 0.123 e. The van der Waals surface area contributed by atoms with Crippen LogP contribution in [0.2, 0.25) is 0 Å². The zero-order valence-corrected chi connectivity index (χ0v) is 13.7. The third-order valence-corrected chi connectivity index (χ3v) is 4.69. The molecule has 1 aliphatic rings. The highest BCUT2D eigenvalue weighted by Crippen LogP contribution is 2.46. The van der Waals surface area contributed by atoms with Gasteiger partial charge in [0.1, 0.15) is 5.75 Å². The van der Waals surface area contributed by atoms with Crippen LogP contribution in [0.4, 0.5) is 0 Å². The van der Waals surface area contributed by atoms with E-state index in [1.54, 1.807) is 7.11 Å². The van der Waals surface area contributed by atoms with E-state index in [-0.39, 0.29) is 5.41 Å². The van der Waals surface area contributed by atoms with Crippen LogP contribution in [0.3, 0.4) is 0 Å². The van der Waals surface area contributed by atoms with Gasteiger partial charge in [-0.05, 0) is 68.7 Å². The average Bonchev–Trinajstić information content (AvgIpc) is 2.77. The lowest BCUT2D eigenvalue weighted by atomic mass is 9.77. The molecule has 2 atom stereocenters. The fraction of sp³-hybridized carbons (Fsp3) is 0.667. The molecule has 1 aliphatic carbocycles. The molecule has 2 nitrogen and oxygen atoms in total. The molecule has 2 heteroatoms. The van der Waals surface area contributed by atoms with Gasteiger partial charge in [0.15, 0.2) is 0 Å². The van der Waals surface area contributed by atoms with Gasteiger partial charge in [-0.3, -0.25) is 0 Å². The van der Waals surface area contributed by atoms with Crippen LogP contribution >= 0.6 is 0 Å². The second-order valence-corrected chi connectivity index (χ2v) is 6.61. The van der Waals surface area contributed by atoms with Crippen LogP contribution in [-0.4, -0.2) is 19.7 Å². The first-order chi connectivity index (χ1) is 9.50. The number of nitrogens with one attached hydrogen (secondary N) is 1. The third kappa shape index (κ3) is 3.01. The Morgan fingerprint density at radius 1 is 1.35 bits per heavy atom.